The standard InChI is InChI=1S/C16H23N3O2/c1-11(2)13-8-9-19(10-13)16(20)14(15(17)18-21)12-6-4-3-5-7-12/h3-7,11,13-14,21H,8-10H2,1-2H3,(H2,17,18). The van der Waals surface area contributed by atoms with E-state index in [-0.39, 0.29) is 11.7 Å². The Morgan fingerprint density at radius 1 is 1.38 bits per heavy atom. The number of rotatable bonds is 4. The molecule has 0 radical (unpaired) electrons. The van der Waals surface area contributed by atoms with Gasteiger partial charge in [0.15, 0.2) is 5.84 Å². The smallest absolute Gasteiger partial charge is 0.237 e. The zero-order valence-electron chi connectivity index (χ0n) is 12.6. The van der Waals surface area contributed by atoms with Crippen molar-refractivity contribution in [1.29, 1.82) is 0 Å². The largest absolute Gasteiger partial charge is 0.409 e. The van der Waals surface area contributed by atoms with Crippen LogP contribution in [-0.2, 0) is 4.79 Å². The van der Waals surface area contributed by atoms with Gasteiger partial charge in [-0.15, -0.1) is 0 Å². The molecule has 3 N–H and O–H groups in total. The summed E-state index contributed by atoms with van der Waals surface area (Å²) in [6.07, 6.45) is 1.01. The molecule has 1 fully saturated rings. The Hall–Kier alpha value is -2.04. The van der Waals surface area contributed by atoms with Crippen LogP contribution in [0.2, 0.25) is 0 Å². The van der Waals surface area contributed by atoms with E-state index < -0.39 is 5.92 Å². The van der Waals surface area contributed by atoms with Crippen molar-refractivity contribution < 1.29 is 10.0 Å². The van der Waals surface area contributed by atoms with E-state index in [1.807, 2.05) is 35.2 Å². The average Bonchev–Trinajstić information content (AvgIpc) is 2.98. The third-order valence-electron chi connectivity index (χ3n) is 4.27. The molecule has 1 aromatic carbocycles. The molecule has 5 heteroatoms. The molecule has 2 rings (SSSR count). The number of carbonyl (C=O) groups excluding carboxylic acids is 1. The monoisotopic (exact) mass is 289 g/mol. The summed E-state index contributed by atoms with van der Waals surface area (Å²) < 4.78 is 0. The van der Waals surface area contributed by atoms with Crippen LogP contribution in [0.4, 0.5) is 0 Å². The Bertz CT molecular complexity index is 514. The lowest BCUT2D eigenvalue weighted by molar-refractivity contribution is -0.130. The Balaban J connectivity index is 2.21. The molecule has 1 aliphatic rings. The third kappa shape index (κ3) is 3.35. The second-order valence-corrected chi connectivity index (χ2v) is 5.95. The number of benzene rings is 1. The fourth-order valence-corrected chi connectivity index (χ4v) is 2.86. The lowest BCUT2D eigenvalue weighted by Crippen LogP contribution is -2.39. The van der Waals surface area contributed by atoms with Crippen molar-refractivity contribution in [3.05, 3.63) is 35.9 Å². The van der Waals surface area contributed by atoms with Gasteiger partial charge in [-0.1, -0.05) is 49.3 Å². The predicted octanol–water partition coefficient (Wildman–Crippen LogP) is 2.02. The maximum atomic E-state index is 12.8. The normalized spacial score (nSPS) is 20.8. The van der Waals surface area contributed by atoms with Crippen LogP contribution in [0.3, 0.4) is 0 Å². The van der Waals surface area contributed by atoms with E-state index in [0.29, 0.717) is 11.8 Å². The average molecular weight is 289 g/mol. The number of hydrogen-bond donors (Lipinski definition) is 2. The molecule has 21 heavy (non-hydrogen) atoms. The van der Waals surface area contributed by atoms with E-state index in [1.165, 1.54) is 0 Å². The summed E-state index contributed by atoms with van der Waals surface area (Å²) >= 11 is 0. The van der Waals surface area contributed by atoms with E-state index in [4.69, 9.17) is 10.9 Å². The van der Waals surface area contributed by atoms with Gasteiger partial charge >= 0.3 is 0 Å². The van der Waals surface area contributed by atoms with E-state index in [0.717, 1.165) is 25.1 Å². The van der Waals surface area contributed by atoms with Gasteiger partial charge in [-0.3, -0.25) is 4.79 Å². The first-order valence-electron chi connectivity index (χ1n) is 7.35. The summed E-state index contributed by atoms with van der Waals surface area (Å²) in [7, 11) is 0. The zero-order chi connectivity index (χ0) is 15.4. The molecule has 114 valence electrons. The maximum absolute atomic E-state index is 12.8. The van der Waals surface area contributed by atoms with Crippen molar-refractivity contribution >= 4 is 11.7 Å². The van der Waals surface area contributed by atoms with Crippen molar-refractivity contribution in [3.8, 4) is 0 Å². The molecule has 1 aliphatic heterocycles. The molecule has 5 nitrogen and oxygen atoms in total. The summed E-state index contributed by atoms with van der Waals surface area (Å²) in [5.41, 5.74) is 6.52. The molecular weight excluding hydrogens is 266 g/mol. The first-order valence-corrected chi connectivity index (χ1v) is 7.35. The second-order valence-electron chi connectivity index (χ2n) is 5.95. The molecule has 0 spiro atoms. The highest BCUT2D eigenvalue weighted by molar-refractivity contribution is 6.07. The van der Waals surface area contributed by atoms with Crippen LogP contribution in [0.15, 0.2) is 35.5 Å². The van der Waals surface area contributed by atoms with Crippen molar-refractivity contribution in [1.82, 2.24) is 4.90 Å². The molecule has 1 amide bonds. The topological polar surface area (TPSA) is 78.9 Å². The quantitative estimate of drug-likeness (QED) is 0.385. The van der Waals surface area contributed by atoms with Crippen LogP contribution in [0.25, 0.3) is 0 Å². The minimum absolute atomic E-state index is 0.0563. The highest BCUT2D eigenvalue weighted by atomic mass is 16.4. The van der Waals surface area contributed by atoms with Gasteiger partial charge in [0.1, 0.15) is 5.92 Å². The molecule has 0 bridgehead atoms. The van der Waals surface area contributed by atoms with Gasteiger partial charge in [-0.2, -0.15) is 0 Å². The molecule has 0 aromatic heterocycles. The van der Waals surface area contributed by atoms with Crippen molar-refractivity contribution in [2.45, 2.75) is 26.2 Å². The second kappa shape index (κ2) is 6.61. The van der Waals surface area contributed by atoms with Gasteiger partial charge in [0.05, 0.1) is 0 Å². The summed E-state index contributed by atoms with van der Waals surface area (Å²) in [4.78, 5) is 14.6. The van der Waals surface area contributed by atoms with E-state index in [9.17, 15) is 4.79 Å². The van der Waals surface area contributed by atoms with Crippen LogP contribution in [0.5, 0.6) is 0 Å². The van der Waals surface area contributed by atoms with Gasteiger partial charge in [-0.05, 0) is 23.8 Å². The van der Waals surface area contributed by atoms with Gasteiger partial charge < -0.3 is 15.8 Å². The van der Waals surface area contributed by atoms with Gasteiger partial charge in [0.2, 0.25) is 5.91 Å². The lowest BCUT2D eigenvalue weighted by atomic mass is 9.95. The zero-order valence-corrected chi connectivity index (χ0v) is 12.6. The number of hydrogen-bond acceptors (Lipinski definition) is 3. The Kier molecular flexibility index (Phi) is 4.83. The molecule has 0 saturated carbocycles. The fraction of sp³-hybridized carbons (Fsp3) is 0.500. The highest BCUT2D eigenvalue weighted by Gasteiger charge is 2.34. The van der Waals surface area contributed by atoms with Crippen molar-refractivity contribution in [2.75, 3.05) is 13.1 Å². The predicted molar refractivity (Wildman–Crippen MR) is 82.1 cm³/mol. The van der Waals surface area contributed by atoms with Gasteiger partial charge in [0, 0.05) is 13.1 Å². The third-order valence-corrected chi connectivity index (χ3v) is 4.27. The van der Waals surface area contributed by atoms with E-state index in [2.05, 4.69) is 19.0 Å². The van der Waals surface area contributed by atoms with Crippen LogP contribution < -0.4 is 5.73 Å². The molecule has 2 atom stereocenters. The fourth-order valence-electron chi connectivity index (χ4n) is 2.86. The molecular formula is C16H23N3O2. The molecule has 0 aliphatic carbocycles. The van der Waals surface area contributed by atoms with Crippen LogP contribution >= 0.6 is 0 Å². The van der Waals surface area contributed by atoms with Crippen LogP contribution in [0.1, 0.15) is 31.7 Å². The van der Waals surface area contributed by atoms with Crippen molar-refractivity contribution in [2.24, 2.45) is 22.7 Å². The van der Waals surface area contributed by atoms with Gasteiger partial charge in [-0.25, -0.2) is 0 Å². The molecule has 1 saturated heterocycles. The molecule has 1 heterocycles. The number of oxime groups is 1. The van der Waals surface area contributed by atoms with Crippen LogP contribution in [-0.4, -0.2) is 34.9 Å². The Morgan fingerprint density at radius 3 is 2.57 bits per heavy atom. The van der Waals surface area contributed by atoms with Gasteiger partial charge in [0.25, 0.3) is 0 Å². The number of likely N-dealkylation sites (tertiary alicyclic amines) is 1. The number of nitrogens with zero attached hydrogens (tertiary/aromatic N) is 2. The molecule has 1 aromatic rings. The minimum atomic E-state index is -0.706. The number of carbonyl (C=O) groups is 1. The summed E-state index contributed by atoms with van der Waals surface area (Å²) in [6, 6.07) is 9.23. The summed E-state index contributed by atoms with van der Waals surface area (Å²) in [5, 5.41) is 12.0. The first-order chi connectivity index (χ1) is 10.0. The van der Waals surface area contributed by atoms with E-state index >= 15 is 0 Å². The maximum Gasteiger partial charge on any atom is 0.237 e. The lowest BCUT2D eigenvalue weighted by Gasteiger charge is -2.23. The van der Waals surface area contributed by atoms with E-state index in [1.54, 1.807) is 0 Å². The summed E-state index contributed by atoms with van der Waals surface area (Å²) in [5.74, 6) is 0.237. The first kappa shape index (κ1) is 15.4. The van der Waals surface area contributed by atoms with Crippen molar-refractivity contribution in [3.63, 3.8) is 0 Å². The minimum Gasteiger partial charge on any atom is -0.409 e. The van der Waals surface area contributed by atoms with Crippen LogP contribution in [0, 0.1) is 11.8 Å². The SMILES string of the molecule is CC(C)C1CCN(C(=O)C(/C(N)=N/O)c2ccccc2)C1. The number of amidine groups is 1. The molecule has 2 unspecified atom stereocenters. The number of amides is 1. The highest BCUT2D eigenvalue weighted by Crippen LogP contribution is 2.27. The number of nitrogens with two attached hydrogens (primary N) is 1. The Labute approximate surface area is 125 Å². The Morgan fingerprint density at radius 2 is 2.05 bits per heavy atom. The summed E-state index contributed by atoms with van der Waals surface area (Å²) in [6.45, 7) is 5.84.